The molecule has 1 aliphatic carbocycles. The van der Waals surface area contributed by atoms with E-state index in [9.17, 15) is 4.79 Å². The van der Waals surface area contributed by atoms with Crippen LogP contribution in [0.5, 0.6) is 11.5 Å². The van der Waals surface area contributed by atoms with E-state index in [0.717, 1.165) is 39.5 Å². The first-order chi connectivity index (χ1) is 12.7. The van der Waals surface area contributed by atoms with Crippen LogP contribution < -0.4 is 14.3 Å². The molecule has 2 aromatic rings. The van der Waals surface area contributed by atoms with Crippen LogP contribution in [0.2, 0.25) is 0 Å². The molecule has 1 aliphatic heterocycles. The van der Waals surface area contributed by atoms with Crippen molar-refractivity contribution in [2.24, 2.45) is 10.9 Å². The smallest absolute Gasteiger partial charge is 0.248 e. The monoisotopic (exact) mass is 374 g/mol. The molecule has 1 amide bonds. The molecule has 2 aliphatic rings. The van der Waals surface area contributed by atoms with Gasteiger partial charge < -0.3 is 14.0 Å². The van der Waals surface area contributed by atoms with Crippen LogP contribution in [0.3, 0.4) is 0 Å². The Kier molecular flexibility index (Phi) is 5.29. The number of hydrogen-bond acceptors (Lipinski definition) is 4. The number of rotatable bonds is 4. The molecule has 0 radical (unpaired) electrons. The van der Waals surface area contributed by atoms with E-state index in [4.69, 9.17) is 9.47 Å². The van der Waals surface area contributed by atoms with Crippen molar-refractivity contribution in [3.63, 3.8) is 0 Å². The highest BCUT2D eigenvalue weighted by atomic mass is 32.1. The first-order valence-corrected chi connectivity index (χ1v) is 10.6. The zero-order valence-electron chi connectivity index (χ0n) is 15.3. The van der Waals surface area contributed by atoms with Crippen molar-refractivity contribution >= 4 is 27.5 Å². The number of amides is 1. The summed E-state index contributed by atoms with van der Waals surface area (Å²) in [5.74, 6) is 2.27. The Morgan fingerprint density at radius 2 is 1.92 bits per heavy atom. The third-order valence-electron chi connectivity index (χ3n) is 5.37. The summed E-state index contributed by atoms with van der Waals surface area (Å²) in [4.78, 5) is 17.6. The molecule has 26 heavy (non-hydrogen) atoms. The van der Waals surface area contributed by atoms with E-state index >= 15 is 0 Å². The van der Waals surface area contributed by atoms with Gasteiger partial charge in [0.1, 0.15) is 13.2 Å². The summed E-state index contributed by atoms with van der Waals surface area (Å²) in [5.41, 5.74) is 1.06. The molecule has 4 rings (SSSR count). The van der Waals surface area contributed by atoms with Crippen molar-refractivity contribution in [2.45, 2.75) is 58.4 Å². The molecule has 0 spiro atoms. The second kappa shape index (κ2) is 7.82. The summed E-state index contributed by atoms with van der Waals surface area (Å²) in [6.07, 6.45) is 8.08. The lowest BCUT2D eigenvalue weighted by Gasteiger charge is -2.20. The number of aryl methyl sites for hydroxylation is 1. The fourth-order valence-corrected chi connectivity index (χ4v) is 5.08. The van der Waals surface area contributed by atoms with Crippen molar-refractivity contribution < 1.29 is 14.3 Å². The van der Waals surface area contributed by atoms with Crippen LogP contribution in [0, 0.1) is 5.92 Å². The van der Waals surface area contributed by atoms with Gasteiger partial charge in [0.15, 0.2) is 16.3 Å². The van der Waals surface area contributed by atoms with Crippen LogP contribution in [0.1, 0.15) is 51.9 Å². The molecular weight excluding hydrogens is 348 g/mol. The lowest BCUT2D eigenvalue weighted by Crippen LogP contribution is -2.17. The van der Waals surface area contributed by atoms with Crippen LogP contribution in [0.4, 0.5) is 0 Å². The zero-order chi connectivity index (χ0) is 17.9. The molecule has 0 saturated heterocycles. The highest BCUT2D eigenvalue weighted by molar-refractivity contribution is 7.16. The van der Waals surface area contributed by atoms with Crippen LogP contribution in [0.25, 0.3) is 10.2 Å². The van der Waals surface area contributed by atoms with Gasteiger partial charge in [0, 0.05) is 25.1 Å². The maximum absolute atomic E-state index is 12.4. The van der Waals surface area contributed by atoms with E-state index in [0.29, 0.717) is 25.6 Å². The van der Waals surface area contributed by atoms with Gasteiger partial charge in [-0.15, -0.1) is 0 Å². The van der Waals surface area contributed by atoms with E-state index in [1.807, 2.05) is 12.1 Å². The molecule has 0 bridgehead atoms. The Labute approximate surface area is 157 Å². The van der Waals surface area contributed by atoms with Gasteiger partial charge in [-0.05, 0) is 19.3 Å². The summed E-state index contributed by atoms with van der Waals surface area (Å²) >= 11 is 1.55. The van der Waals surface area contributed by atoms with Crippen molar-refractivity contribution in [3.05, 3.63) is 16.9 Å². The first-order valence-electron chi connectivity index (χ1n) is 9.75. The third kappa shape index (κ3) is 3.65. The second-order valence-corrected chi connectivity index (χ2v) is 8.15. The molecule has 0 unspecified atom stereocenters. The van der Waals surface area contributed by atoms with Crippen LogP contribution in [-0.4, -0.2) is 23.7 Å². The Balaban J connectivity index is 1.58. The van der Waals surface area contributed by atoms with Gasteiger partial charge in [0.25, 0.3) is 0 Å². The fourth-order valence-electron chi connectivity index (χ4n) is 3.96. The maximum Gasteiger partial charge on any atom is 0.248 e. The van der Waals surface area contributed by atoms with Crippen LogP contribution in [0.15, 0.2) is 17.1 Å². The number of carbonyl (C=O) groups excluding carboxylic acids is 1. The zero-order valence-corrected chi connectivity index (χ0v) is 16.1. The number of aromatic nitrogens is 1. The minimum absolute atomic E-state index is 0.00147. The Morgan fingerprint density at radius 3 is 2.65 bits per heavy atom. The number of carbonyl (C=O) groups is 1. The largest absolute Gasteiger partial charge is 0.486 e. The topological polar surface area (TPSA) is 52.8 Å². The number of hydrogen-bond donors (Lipinski definition) is 0. The van der Waals surface area contributed by atoms with Crippen LogP contribution in [-0.2, 0) is 11.3 Å². The van der Waals surface area contributed by atoms with Gasteiger partial charge in [-0.1, -0.05) is 43.4 Å². The maximum atomic E-state index is 12.4. The molecule has 2 heterocycles. The number of fused-ring (bicyclic) bond motifs is 2. The van der Waals surface area contributed by atoms with Gasteiger partial charge in [-0.25, -0.2) is 0 Å². The molecule has 1 fully saturated rings. The fraction of sp³-hybridized carbons (Fsp3) is 0.600. The van der Waals surface area contributed by atoms with E-state index in [1.54, 1.807) is 11.3 Å². The number of nitrogens with zero attached hydrogens (tertiary/aromatic N) is 2. The minimum atomic E-state index is 0.00147. The Bertz CT molecular complexity index is 862. The third-order valence-corrected chi connectivity index (χ3v) is 6.42. The molecule has 1 aromatic heterocycles. The molecular formula is C20H26N2O3S. The summed E-state index contributed by atoms with van der Waals surface area (Å²) in [6, 6.07) is 4.02. The summed E-state index contributed by atoms with van der Waals surface area (Å²) < 4.78 is 14.5. The summed E-state index contributed by atoms with van der Waals surface area (Å²) in [7, 11) is 0. The van der Waals surface area contributed by atoms with Crippen molar-refractivity contribution in [2.75, 3.05) is 13.2 Å². The van der Waals surface area contributed by atoms with Gasteiger partial charge >= 0.3 is 0 Å². The van der Waals surface area contributed by atoms with Gasteiger partial charge in [0.05, 0.1) is 10.2 Å². The Morgan fingerprint density at radius 1 is 1.19 bits per heavy atom. The molecule has 0 N–H and O–H groups in total. The van der Waals surface area contributed by atoms with E-state index < -0.39 is 0 Å². The van der Waals surface area contributed by atoms with Crippen molar-refractivity contribution in [1.82, 2.24) is 4.57 Å². The number of ether oxygens (including phenoxy) is 2. The number of thiazole rings is 1. The molecule has 1 saturated carbocycles. The molecule has 1 aromatic carbocycles. The summed E-state index contributed by atoms with van der Waals surface area (Å²) in [6.45, 7) is 4.00. The van der Waals surface area contributed by atoms with Gasteiger partial charge in [0.2, 0.25) is 5.91 Å². The average Bonchev–Trinajstić information content (AvgIpc) is 3.01. The molecule has 6 heteroatoms. The van der Waals surface area contributed by atoms with Gasteiger partial charge in [-0.2, -0.15) is 4.99 Å². The highest BCUT2D eigenvalue weighted by Crippen LogP contribution is 2.35. The SMILES string of the molecule is CCn1c(=NC(=O)CCC2CCCCC2)sc2cc3c(cc21)OCCO3. The minimum Gasteiger partial charge on any atom is -0.486 e. The predicted molar refractivity (Wildman–Crippen MR) is 103 cm³/mol. The highest BCUT2D eigenvalue weighted by Gasteiger charge is 2.17. The second-order valence-electron chi connectivity index (χ2n) is 7.14. The van der Waals surface area contributed by atoms with Gasteiger partial charge in [-0.3, -0.25) is 4.79 Å². The first kappa shape index (κ1) is 17.6. The molecule has 140 valence electrons. The van der Waals surface area contributed by atoms with E-state index in [-0.39, 0.29) is 5.91 Å². The van der Waals surface area contributed by atoms with Crippen LogP contribution >= 0.6 is 11.3 Å². The lowest BCUT2D eigenvalue weighted by atomic mass is 9.86. The predicted octanol–water partition coefficient (Wildman–Crippen LogP) is 4.28. The van der Waals surface area contributed by atoms with E-state index in [2.05, 4.69) is 16.5 Å². The summed E-state index contributed by atoms with van der Waals surface area (Å²) in [5, 5.41) is 0. The van der Waals surface area contributed by atoms with Crippen molar-refractivity contribution in [1.29, 1.82) is 0 Å². The Hall–Kier alpha value is -1.82. The number of benzene rings is 1. The lowest BCUT2D eigenvalue weighted by molar-refractivity contribution is -0.118. The molecule has 0 atom stereocenters. The average molecular weight is 375 g/mol. The van der Waals surface area contributed by atoms with E-state index in [1.165, 1.54) is 32.1 Å². The quantitative estimate of drug-likeness (QED) is 0.802. The normalized spacial score (nSPS) is 18.4. The van der Waals surface area contributed by atoms with Crippen molar-refractivity contribution in [3.8, 4) is 11.5 Å². The standard InChI is InChI=1S/C20H26N2O3S/c1-2-22-15-12-16-17(25-11-10-24-16)13-18(15)26-20(22)21-19(23)9-8-14-6-4-3-5-7-14/h12-14H,2-11H2,1H3. The molecule has 5 nitrogen and oxygen atoms in total.